The minimum absolute atomic E-state index is 0.990. The lowest BCUT2D eigenvalue weighted by molar-refractivity contribution is 1.14. The first-order valence-corrected chi connectivity index (χ1v) is 5.56. The fraction of sp³-hybridized carbons (Fsp3) is 0.133. The highest BCUT2D eigenvalue weighted by molar-refractivity contribution is 5.68. The molecule has 2 rings (SSSR count). The van der Waals surface area contributed by atoms with Gasteiger partial charge in [-0.3, -0.25) is 4.98 Å². The van der Waals surface area contributed by atoms with Gasteiger partial charge in [-0.25, -0.2) is 0 Å². The molecule has 0 amide bonds. The van der Waals surface area contributed by atoms with E-state index in [-0.39, 0.29) is 0 Å². The van der Waals surface area contributed by atoms with Crippen molar-refractivity contribution in [2.75, 3.05) is 0 Å². The van der Waals surface area contributed by atoms with E-state index in [1.165, 1.54) is 11.1 Å². The number of pyridine rings is 1. The first-order chi connectivity index (χ1) is 7.88. The summed E-state index contributed by atoms with van der Waals surface area (Å²) in [4.78, 5) is 4.25. The molecule has 0 aliphatic heterocycles. The minimum Gasteiger partial charge on any atom is -0.257 e. The molecule has 1 nitrogen and oxygen atoms in total. The molecule has 0 unspecified atom stereocenters. The van der Waals surface area contributed by atoms with Gasteiger partial charge in [0.05, 0.1) is 5.69 Å². The zero-order valence-corrected chi connectivity index (χ0v) is 9.43. The van der Waals surface area contributed by atoms with Crippen molar-refractivity contribution in [3.8, 4) is 0 Å². The minimum atomic E-state index is 0.990. The van der Waals surface area contributed by atoms with Crippen LogP contribution in [0.25, 0.3) is 12.2 Å². The standard InChI is InChI=1S/C15H15N/c1-2-13-6-5-7-14(12-13)9-10-15-8-3-4-11-16-15/h3-12H,2H2,1H3. The summed E-state index contributed by atoms with van der Waals surface area (Å²) in [6, 6.07) is 14.5. The van der Waals surface area contributed by atoms with E-state index in [1.807, 2.05) is 30.5 Å². The third-order valence-electron chi connectivity index (χ3n) is 2.49. The van der Waals surface area contributed by atoms with Gasteiger partial charge in [-0.15, -0.1) is 0 Å². The number of hydrogen-bond acceptors (Lipinski definition) is 1. The van der Waals surface area contributed by atoms with E-state index in [4.69, 9.17) is 0 Å². The van der Waals surface area contributed by atoms with Crippen LogP contribution in [0.5, 0.6) is 0 Å². The normalized spacial score (nSPS) is 10.8. The summed E-state index contributed by atoms with van der Waals surface area (Å²) in [6.07, 6.45) is 7.02. The number of nitrogens with zero attached hydrogens (tertiary/aromatic N) is 1. The molecule has 0 aliphatic rings. The second-order valence-electron chi connectivity index (χ2n) is 3.69. The van der Waals surface area contributed by atoms with Gasteiger partial charge in [0.2, 0.25) is 0 Å². The maximum atomic E-state index is 4.25. The predicted octanol–water partition coefficient (Wildman–Crippen LogP) is 3.81. The zero-order chi connectivity index (χ0) is 11.2. The van der Waals surface area contributed by atoms with E-state index in [0.29, 0.717) is 0 Å². The van der Waals surface area contributed by atoms with E-state index in [1.54, 1.807) is 0 Å². The van der Waals surface area contributed by atoms with Crippen molar-refractivity contribution >= 4 is 12.2 Å². The molecule has 80 valence electrons. The summed E-state index contributed by atoms with van der Waals surface area (Å²) in [6.45, 7) is 2.17. The van der Waals surface area contributed by atoms with Crippen LogP contribution in [0, 0.1) is 0 Å². The summed E-state index contributed by atoms with van der Waals surface area (Å²) in [7, 11) is 0. The average molecular weight is 209 g/mol. The Labute approximate surface area is 96.5 Å². The molecule has 1 aromatic carbocycles. The highest BCUT2D eigenvalue weighted by Crippen LogP contribution is 2.09. The lowest BCUT2D eigenvalue weighted by Gasteiger charge is -1.98. The third-order valence-corrected chi connectivity index (χ3v) is 2.49. The number of rotatable bonds is 3. The molecular formula is C15H15N. The van der Waals surface area contributed by atoms with E-state index in [2.05, 4.69) is 42.2 Å². The van der Waals surface area contributed by atoms with Crippen molar-refractivity contribution in [3.63, 3.8) is 0 Å². The monoisotopic (exact) mass is 209 g/mol. The SMILES string of the molecule is CCc1cccc(C=Cc2ccccn2)c1. The summed E-state index contributed by atoms with van der Waals surface area (Å²) in [5.74, 6) is 0. The van der Waals surface area contributed by atoms with Crippen LogP contribution in [0.1, 0.15) is 23.7 Å². The zero-order valence-electron chi connectivity index (χ0n) is 9.43. The molecule has 0 fully saturated rings. The molecule has 0 bridgehead atoms. The molecule has 16 heavy (non-hydrogen) atoms. The van der Waals surface area contributed by atoms with Crippen LogP contribution in [0.3, 0.4) is 0 Å². The number of hydrogen-bond donors (Lipinski definition) is 0. The van der Waals surface area contributed by atoms with Gasteiger partial charge < -0.3 is 0 Å². The number of aromatic nitrogens is 1. The molecular weight excluding hydrogens is 194 g/mol. The van der Waals surface area contributed by atoms with Gasteiger partial charge in [-0.05, 0) is 35.8 Å². The summed E-state index contributed by atoms with van der Waals surface area (Å²) >= 11 is 0. The molecule has 1 heteroatoms. The van der Waals surface area contributed by atoms with Crippen LogP contribution in [-0.2, 0) is 6.42 Å². The van der Waals surface area contributed by atoms with Gasteiger partial charge in [-0.1, -0.05) is 43.3 Å². The van der Waals surface area contributed by atoms with E-state index in [0.717, 1.165) is 12.1 Å². The Hall–Kier alpha value is -1.89. The summed E-state index contributed by atoms with van der Waals surface area (Å²) in [5, 5.41) is 0. The molecule has 0 spiro atoms. The Kier molecular flexibility index (Phi) is 3.50. The maximum absolute atomic E-state index is 4.25. The lowest BCUT2D eigenvalue weighted by atomic mass is 10.1. The molecule has 2 aromatic rings. The van der Waals surface area contributed by atoms with E-state index >= 15 is 0 Å². The second-order valence-corrected chi connectivity index (χ2v) is 3.69. The number of aryl methyl sites for hydroxylation is 1. The number of benzene rings is 1. The van der Waals surface area contributed by atoms with Gasteiger partial charge in [-0.2, -0.15) is 0 Å². The Morgan fingerprint density at radius 2 is 2.00 bits per heavy atom. The van der Waals surface area contributed by atoms with E-state index < -0.39 is 0 Å². The van der Waals surface area contributed by atoms with Crippen LogP contribution in [0.15, 0.2) is 48.7 Å². The molecule has 0 saturated heterocycles. The highest BCUT2D eigenvalue weighted by atomic mass is 14.6. The quantitative estimate of drug-likeness (QED) is 0.749. The Morgan fingerprint density at radius 3 is 2.75 bits per heavy atom. The van der Waals surface area contributed by atoms with Gasteiger partial charge in [0, 0.05) is 6.20 Å². The molecule has 1 aromatic heterocycles. The molecule has 1 heterocycles. The van der Waals surface area contributed by atoms with Crippen molar-refractivity contribution in [2.45, 2.75) is 13.3 Å². The largest absolute Gasteiger partial charge is 0.257 e. The van der Waals surface area contributed by atoms with Crippen molar-refractivity contribution in [1.82, 2.24) is 4.98 Å². The van der Waals surface area contributed by atoms with Crippen molar-refractivity contribution in [2.24, 2.45) is 0 Å². The van der Waals surface area contributed by atoms with Crippen LogP contribution in [0.4, 0.5) is 0 Å². The molecule has 0 radical (unpaired) electrons. The smallest absolute Gasteiger partial charge is 0.0629 e. The van der Waals surface area contributed by atoms with Gasteiger partial charge >= 0.3 is 0 Å². The van der Waals surface area contributed by atoms with Crippen LogP contribution in [-0.4, -0.2) is 4.98 Å². The molecule has 0 atom stereocenters. The van der Waals surface area contributed by atoms with Crippen molar-refractivity contribution in [3.05, 3.63) is 65.5 Å². The first-order valence-electron chi connectivity index (χ1n) is 5.56. The summed E-state index contributed by atoms with van der Waals surface area (Å²) < 4.78 is 0. The molecule has 0 aliphatic carbocycles. The van der Waals surface area contributed by atoms with Crippen LogP contribution < -0.4 is 0 Å². The van der Waals surface area contributed by atoms with Gasteiger partial charge in [0.25, 0.3) is 0 Å². The fourth-order valence-electron chi connectivity index (χ4n) is 1.57. The van der Waals surface area contributed by atoms with Crippen molar-refractivity contribution < 1.29 is 0 Å². The molecule has 0 N–H and O–H groups in total. The van der Waals surface area contributed by atoms with Gasteiger partial charge in [0.15, 0.2) is 0 Å². The average Bonchev–Trinajstić information content (AvgIpc) is 2.38. The van der Waals surface area contributed by atoms with E-state index in [9.17, 15) is 0 Å². The Morgan fingerprint density at radius 1 is 1.06 bits per heavy atom. The predicted molar refractivity (Wildman–Crippen MR) is 69.0 cm³/mol. The second kappa shape index (κ2) is 5.26. The van der Waals surface area contributed by atoms with Crippen LogP contribution >= 0.6 is 0 Å². The van der Waals surface area contributed by atoms with Gasteiger partial charge in [0.1, 0.15) is 0 Å². The third kappa shape index (κ3) is 2.80. The molecule has 0 saturated carbocycles. The van der Waals surface area contributed by atoms with Crippen LogP contribution in [0.2, 0.25) is 0 Å². The Balaban J connectivity index is 2.17. The summed E-state index contributed by atoms with van der Waals surface area (Å²) in [5.41, 5.74) is 3.58. The lowest BCUT2D eigenvalue weighted by Crippen LogP contribution is -1.81. The first kappa shape index (κ1) is 10.6. The van der Waals surface area contributed by atoms with Crippen molar-refractivity contribution in [1.29, 1.82) is 0 Å². The Bertz CT molecular complexity index is 472. The fourth-order valence-corrected chi connectivity index (χ4v) is 1.57. The maximum Gasteiger partial charge on any atom is 0.0629 e. The highest BCUT2D eigenvalue weighted by Gasteiger charge is 1.90. The topological polar surface area (TPSA) is 12.9 Å².